The molecule has 0 saturated heterocycles. The lowest BCUT2D eigenvalue weighted by atomic mass is 10.0. The Morgan fingerprint density at radius 2 is 1.62 bits per heavy atom. The van der Waals surface area contributed by atoms with Crippen LogP contribution in [0.3, 0.4) is 0 Å². The zero-order valence-corrected chi connectivity index (χ0v) is 14.2. The molecule has 1 N–H and O–H groups in total. The van der Waals surface area contributed by atoms with Crippen LogP contribution in [0.5, 0.6) is 11.5 Å². The molecule has 124 valence electrons. The summed E-state index contributed by atoms with van der Waals surface area (Å²) in [7, 11) is -3.47. The van der Waals surface area contributed by atoms with E-state index in [4.69, 9.17) is 9.29 Å². The van der Waals surface area contributed by atoms with E-state index in [0.29, 0.717) is 11.5 Å². The van der Waals surface area contributed by atoms with E-state index in [9.17, 15) is 8.42 Å². The van der Waals surface area contributed by atoms with Crippen LogP contribution in [0, 0.1) is 0 Å². The van der Waals surface area contributed by atoms with Gasteiger partial charge in [-0.1, -0.05) is 44.2 Å². The Morgan fingerprint density at radius 1 is 0.917 bits per heavy atom. The standard InChI is InChI=1S/C10H8O.C9H10O3S/c11-10-6-5-8-3-1-2-4-9(8)7-10;1-6(2)8-5-7-3-4-9(8)12-13(7,10)11/h1-7,11H;3-6H,1-2H3. The molecular weight excluding hydrogens is 324 g/mol. The molecule has 2 bridgehead atoms. The average molecular weight is 342 g/mol. The van der Waals surface area contributed by atoms with Crippen molar-refractivity contribution < 1.29 is 17.7 Å². The molecule has 5 rings (SSSR count). The Bertz CT molecular complexity index is 991. The molecule has 0 saturated carbocycles. The molecule has 2 aliphatic rings. The summed E-state index contributed by atoms with van der Waals surface area (Å²) in [6.07, 6.45) is 0. The monoisotopic (exact) mass is 342 g/mol. The van der Waals surface area contributed by atoms with E-state index in [-0.39, 0.29) is 10.8 Å². The minimum atomic E-state index is -3.47. The Hall–Kier alpha value is -2.53. The molecule has 2 aliphatic heterocycles. The Labute approximate surface area is 141 Å². The highest BCUT2D eigenvalue weighted by Crippen LogP contribution is 2.35. The normalized spacial score (nSPS) is 14.1. The second-order valence-corrected chi connectivity index (χ2v) is 7.47. The summed E-state index contributed by atoms with van der Waals surface area (Å²) in [5.74, 6) is 1.07. The molecule has 5 heteroatoms. The van der Waals surface area contributed by atoms with Crippen molar-refractivity contribution in [2.75, 3.05) is 0 Å². The minimum absolute atomic E-state index is 0.256. The van der Waals surface area contributed by atoms with Crippen LogP contribution in [0.2, 0.25) is 0 Å². The average Bonchev–Trinajstić information content (AvgIpc) is 2.54. The van der Waals surface area contributed by atoms with Crippen molar-refractivity contribution in [3.05, 3.63) is 66.2 Å². The molecule has 3 aromatic carbocycles. The van der Waals surface area contributed by atoms with Crippen LogP contribution in [0.25, 0.3) is 10.8 Å². The molecule has 0 fully saturated rings. The topological polar surface area (TPSA) is 63.6 Å². The first-order valence-corrected chi connectivity index (χ1v) is 9.04. The van der Waals surface area contributed by atoms with Gasteiger partial charge >= 0.3 is 10.1 Å². The summed E-state index contributed by atoms with van der Waals surface area (Å²) in [5, 5.41) is 11.4. The zero-order valence-electron chi connectivity index (χ0n) is 13.4. The van der Waals surface area contributed by atoms with Crippen molar-refractivity contribution >= 4 is 20.9 Å². The van der Waals surface area contributed by atoms with Crippen molar-refractivity contribution in [2.24, 2.45) is 0 Å². The van der Waals surface area contributed by atoms with Gasteiger partial charge in [-0.15, -0.1) is 0 Å². The summed E-state index contributed by atoms with van der Waals surface area (Å²) >= 11 is 0. The number of benzene rings is 3. The number of aromatic hydroxyl groups is 1. The minimum Gasteiger partial charge on any atom is -0.508 e. The third-order valence-electron chi connectivity index (χ3n) is 3.82. The van der Waals surface area contributed by atoms with Gasteiger partial charge in [-0.2, -0.15) is 8.42 Å². The van der Waals surface area contributed by atoms with E-state index in [1.165, 1.54) is 0 Å². The van der Waals surface area contributed by atoms with Gasteiger partial charge in [0.05, 0.1) is 0 Å². The number of hydrogen-bond acceptors (Lipinski definition) is 4. The highest BCUT2D eigenvalue weighted by atomic mass is 32.2. The van der Waals surface area contributed by atoms with Crippen molar-refractivity contribution in [2.45, 2.75) is 24.7 Å². The SMILES string of the molecule is CC(C)c1cc2ccc1OS2(=O)=O.Oc1ccc2ccccc2c1. The Balaban J connectivity index is 0.000000143. The van der Waals surface area contributed by atoms with Gasteiger partial charge in [0.25, 0.3) is 0 Å². The van der Waals surface area contributed by atoms with Crippen molar-refractivity contribution in [3.63, 3.8) is 0 Å². The number of fused-ring (bicyclic) bond motifs is 4. The van der Waals surface area contributed by atoms with Gasteiger partial charge < -0.3 is 9.29 Å². The fourth-order valence-corrected chi connectivity index (χ4v) is 3.54. The molecule has 0 unspecified atom stereocenters. The van der Waals surface area contributed by atoms with Crippen LogP contribution in [0.1, 0.15) is 25.3 Å². The first-order valence-electron chi connectivity index (χ1n) is 7.63. The lowest BCUT2D eigenvalue weighted by molar-refractivity contribution is 0.471. The van der Waals surface area contributed by atoms with Gasteiger partial charge in [0.2, 0.25) is 0 Å². The highest BCUT2D eigenvalue weighted by molar-refractivity contribution is 7.87. The number of rotatable bonds is 1. The third-order valence-corrected chi connectivity index (χ3v) is 5.05. The number of phenols is 1. The Morgan fingerprint density at radius 3 is 2.21 bits per heavy atom. The number of phenolic OH excluding ortho intramolecular Hbond substituents is 1. The van der Waals surface area contributed by atoms with E-state index in [1.54, 1.807) is 30.3 Å². The van der Waals surface area contributed by atoms with E-state index < -0.39 is 10.1 Å². The molecule has 24 heavy (non-hydrogen) atoms. The molecular formula is C19H18O4S. The van der Waals surface area contributed by atoms with Gasteiger partial charge in [-0.3, -0.25) is 0 Å². The largest absolute Gasteiger partial charge is 0.508 e. The zero-order chi connectivity index (χ0) is 17.3. The molecule has 0 amide bonds. The second kappa shape index (κ2) is 6.17. The first-order chi connectivity index (χ1) is 11.4. The van der Waals surface area contributed by atoms with E-state index in [2.05, 4.69) is 0 Å². The lowest BCUT2D eigenvalue weighted by Crippen LogP contribution is -2.16. The van der Waals surface area contributed by atoms with Gasteiger partial charge in [-0.25, -0.2) is 0 Å². The molecule has 0 aromatic heterocycles. The van der Waals surface area contributed by atoms with E-state index >= 15 is 0 Å². The summed E-state index contributed by atoms with van der Waals surface area (Å²) in [4.78, 5) is 0.256. The summed E-state index contributed by atoms with van der Waals surface area (Å²) in [6.45, 7) is 4.01. The van der Waals surface area contributed by atoms with Gasteiger partial charge in [0, 0.05) is 0 Å². The third kappa shape index (κ3) is 3.21. The van der Waals surface area contributed by atoms with Crippen LogP contribution in [0.15, 0.2) is 65.6 Å². The molecule has 0 aliphatic carbocycles. The molecule has 0 atom stereocenters. The van der Waals surface area contributed by atoms with Crippen LogP contribution < -0.4 is 4.18 Å². The van der Waals surface area contributed by atoms with Crippen molar-refractivity contribution in [1.29, 1.82) is 0 Å². The van der Waals surface area contributed by atoms with Crippen LogP contribution in [-0.4, -0.2) is 13.5 Å². The fourth-order valence-electron chi connectivity index (χ4n) is 2.55. The van der Waals surface area contributed by atoms with Gasteiger partial charge in [0.15, 0.2) is 0 Å². The maximum Gasteiger partial charge on any atom is 0.339 e. The van der Waals surface area contributed by atoms with Gasteiger partial charge in [-0.05, 0) is 52.6 Å². The Kier molecular flexibility index (Phi) is 4.20. The van der Waals surface area contributed by atoms with Gasteiger partial charge in [0.1, 0.15) is 16.4 Å². The molecule has 2 heterocycles. The predicted octanol–water partition coefficient (Wildman–Crippen LogP) is 4.44. The van der Waals surface area contributed by atoms with Crippen LogP contribution in [0.4, 0.5) is 0 Å². The summed E-state index contributed by atoms with van der Waals surface area (Å²) < 4.78 is 27.3. The molecule has 0 spiro atoms. The maximum atomic E-state index is 11.2. The number of hydrogen-bond donors (Lipinski definition) is 1. The maximum absolute atomic E-state index is 11.2. The van der Waals surface area contributed by atoms with Crippen LogP contribution >= 0.6 is 0 Å². The molecule has 0 radical (unpaired) electrons. The van der Waals surface area contributed by atoms with E-state index in [0.717, 1.165) is 16.3 Å². The fraction of sp³-hybridized carbons (Fsp3) is 0.158. The summed E-state index contributed by atoms with van der Waals surface area (Å²) in [5.41, 5.74) is 0.951. The molecule has 3 aromatic rings. The quantitative estimate of drug-likeness (QED) is 0.664. The van der Waals surface area contributed by atoms with Crippen molar-refractivity contribution in [3.8, 4) is 11.5 Å². The van der Waals surface area contributed by atoms with E-state index in [1.807, 2.05) is 44.2 Å². The van der Waals surface area contributed by atoms with Crippen LogP contribution in [-0.2, 0) is 10.1 Å². The molecule has 4 nitrogen and oxygen atoms in total. The highest BCUT2D eigenvalue weighted by Gasteiger charge is 2.26. The van der Waals surface area contributed by atoms with Crippen molar-refractivity contribution in [1.82, 2.24) is 0 Å². The smallest absolute Gasteiger partial charge is 0.339 e. The summed E-state index contributed by atoms with van der Waals surface area (Å²) in [6, 6.07) is 18.3. The lowest BCUT2D eigenvalue weighted by Gasteiger charge is -2.20. The second-order valence-electron chi connectivity index (χ2n) is 5.92. The first kappa shape index (κ1) is 16.3. The predicted molar refractivity (Wildman–Crippen MR) is 94.0 cm³/mol.